The number of nitriles is 1. The number of hydrogen-bond acceptors (Lipinski definition) is 9. The Kier molecular flexibility index (Phi) is 8.69. The molecular formula is C26H27F3N10O3. The maximum atomic E-state index is 13.3. The fourth-order valence-electron chi connectivity index (χ4n) is 4.49. The third-order valence-electron chi connectivity index (χ3n) is 6.74. The van der Waals surface area contributed by atoms with Crippen LogP contribution in [0.25, 0.3) is 11.3 Å². The number of nitrogens with zero attached hydrogens (tertiary/aromatic N) is 9. The van der Waals surface area contributed by atoms with Crippen molar-refractivity contribution in [3.63, 3.8) is 0 Å². The molecule has 16 heteroatoms. The third kappa shape index (κ3) is 6.14. The summed E-state index contributed by atoms with van der Waals surface area (Å²) >= 11 is 0. The van der Waals surface area contributed by atoms with E-state index in [1.807, 2.05) is 6.07 Å². The van der Waals surface area contributed by atoms with Crippen molar-refractivity contribution in [3.8, 4) is 17.3 Å². The van der Waals surface area contributed by atoms with E-state index < -0.39 is 30.1 Å². The Hall–Kier alpha value is -5.07. The smallest absolute Gasteiger partial charge is 0.329 e. The normalized spacial score (nSPS) is 15.5. The average Bonchev–Trinajstić information content (AvgIpc) is 3.65. The molecule has 3 aromatic rings. The van der Waals surface area contributed by atoms with Gasteiger partial charge in [0.2, 0.25) is 18.3 Å². The van der Waals surface area contributed by atoms with Gasteiger partial charge in [0.1, 0.15) is 24.4 Å². The minimum absolute atomic E-state index is 0.0125. The van der Waals surface area contributed by atoms with Crippen LogP contribution in [0.1, 0.15) is 36.3 Å². The van der Waals surface area contributed by atoms with Crippen LogP contribution < -0.4 is 15.1 Å². The zero-order valence-electron chi connectivity index (χ0n) is 22.9. The predicted octanol–water partition coefficient (Wildman–Crippen LogP) is 2.65. The van der Waals surface area contributed by atoms with Crippen molar-refractivity contribution < 1.29 is 27.6 Å². The summed E-state index contributed by atoms with van der Waals surface area (Å²) in [7, 11) is 2.81. The van der Waals surface area contributed by atoms with Gasteiger partial charge in [-0.2, -0.15) is 18.4 Å². The first-order chi connectivity index (χ1) is 20.0. The third-order valence-corrected chi connectivity index (χ3v) is 6.74. The van der Waals surface area contributed by atoms with E-state index in [0.29, 0.717) is 24.1 Å². The van der Waals surface area contributed by atoms with E-state index in [9.17, 15) is 27.6 Å². The molecule has 0 spiro atoms. The first-order valence-electron chi connectivity index (χ1n) is 12.8. The van der Waals surface area contributed by atoms with Crippen molar-refractivity contribution in [2.24, 2.45) is 0 Å². The molecule has 3 aromatic heterocycles. The number of amides is 3. The lowest BCUT2D eigenvalue weighted by molar-refractivity contribution is -0.146. The van der Waals surface area contributed by atoms with E-state index >= 15 is 0 Å². The molecule has 1 aliphatic rings. The van der Waals surface area contributed by atoms with E-state index in [2.05, 4.69) is 25.3 Å². The number of halogens is 3. The summed E-state index contributed by atoms with van der Waals surface area (Å²) in [6.45, 7) is 1.50. The minimum atomic E-state index is -4.38. The van der Waals surface area contributed by atoms with E-state index in [4.69, 9.17) is 5.26 Å². The lowest BCUT2D eigenvalue weighted by Gasteiger charge is -2.26. The second-order valence-corrected chi connectivity index (χ2v) is 9.60. The van der Waals surface area contributed by atoms with Gasteiger partial charge < -0.3 is 24.6 Å². The lowest BCUT2D eigenvalue weighted by atomic mass is 10.2. The zero-order valence-corrected chi connectivity index (χ0v) is 22.9. The molecule has 220 valence electrons. The van der Waals surface area contributed by atoms with Gasteiger partial charge in [0.05, 0.1) is 18.1 Å². The molecule has 3 amide bonds. The summed E-state index contributed by atoms with van der Waals surface area (Å²) < 4.78 is 41.3. The summed E-state index contributed by atoms with van der Waals surface area (Å²) in [5.41, 5.74) is 0.734. The van der Waals surface area contributed by atoms with Crippen molar-refractivity contribution in [1.29, 1.82) is 5.26 Å². The van der Waals surface area contributed by atoms with Gasteiger partial charge in [-0.3, -0.25) is 14.4 Å². The van der Waals surface area contributed by atoms with E-state index in [-0.39, 0.29) is 42.8 Å². The van der Waals surface area contributed by atoms with Crippen LogP contribution in [0.2, 0.25) is 0 Å². The van der Waals surface area contributed by atoms with Gasteiger partial charge >= 0.3 is 6.18 Å². The highest BCUT2D eigenvalue weighted by Gasteiger charge is 2.46. The number of alkyl halides is 3. The molecule has 1 N–H and O–H groups in total. The van der Waals surface area contributed by atoms with Crippen LogP contribution in [0.4, 0.5) is 30.8 Å². The number of carbonyl (C=O) groups excluding carboxylic acids is 3. The summed E-state index contributed by atoms with van der Waals surface area (Å²) in [5.74, 6) is -1.03. The summed E-state index contributed by atoms with van der Waals surface area (Å²) in [6.07, 6.45) is 0.443. The number of nitrogens with one attached hydrogen (secondary N) is 1. The van der Waals surface area contributed by atoms with Crippen LogP contribution in [0.15, 0.2) is 36.9 Å². The molecule has 1 aliphatic heterocycles. The molecule has 0 radical (unpaired) electrons. The molecule has 1 fully saturated rings. The number of pyridine rings is 1. The Morgan fingerprint density at radius 2 is 1.95 bits per heavy atom. The molecule has 4 heterocycles. The molecule has 0 bridgehead atoms. The van der Waals surface area contributed by atoms with Crippen molar-refractivity contribution >= 4 is 35.8 Å². The number of hydrogen-bond donors (Lipinski definition) is 1. The molecule has 4 rings (SSSR count). The van der Waals surface area contributed by atoms with Crippen LogP contribution in [0, 0.1) is 11.3 Å². The first-order valence-corrected chi connectivity index (χ1v) is 12.8. The number of imidazole rings is 1. The molecule has 1 saturated heterocycles. The maximum Gasteiger partial charge on any atom is 0.408 e. The number of carbonyl (C=O) groups is 3. The van der Waals surface area contributed by atoms with Crippen LogP contribution in [-0.2, 0) is 9.59 Å². The highest BCUT2D eigenvalue weighted by molar-refractivity contribution is 6.00. The van der Waals surface area contributed by atoms with E-state index in [1.165, 1.54) is 50.4 Å². The van der Waals surface area contributed by atoms with E-state index in [1.54, 1.807) is 12.1 Å². The van der Waals surface area contributed by atoms with Crippen LogP contribution in [0.5, 0.6) is 0 Å². The van der Waals surface area contributed by atoms with Gasteiger partial charge in [0.15, 0.2) is 11.5 Å². The van der Waals surface area contributed by atoms with Gasteiger partial charge in [-0.15, -0.1) is 0 Å². The molecular weight excluding hydrogens is 557 g/mol. The maximum absolute atomic E-state index is 13.3. The Balaban J connectivity index is 1.53. The highest BCUT2D eigenvalue weighted by Crippen LogP contribution is 2.34. The molecule has 42 heavy (non-hydrogen) atoms. The monoisotopic (exact) mass is 584 g/mol. The zero-order chi connectivity index (χ0) is 30.6. The lowest BCUT2D eigenvalue weighted by Crippen LogP contribution is -2.42. The summed E-state index contributed by atoms with van der Waals surface area (Å²) in [4.78, 5) is 57.8. The Morgan fingerprint density at radius 1 is 1.24 bits per heavy atom. The van der Waals surface area contributed by atoms with Gasteiger partial charge in [-0.1, -0.05) is 6.07 Å². The molecule has 0 saturated carbocycles. The minimum Gasteiger partial charge on any atom is -0.329 e. The largest absolute Gasteiger partial charge is 0.408 e. The fraction of sp³-hybridized carbons (Fsp3) is 0.385. The Bertz CT molecular complexity index is 1500. The van der Waals surface area contributed by atoms with Crippen molar-refractivity contribution in [1.82, 2.24) is 29.4 Å². The van der Waals surface area contributed by atoms with Crippen LogP contribution in [0.3, 0.4) is 0 Å². The van der Waals surface area contributed by atoms with Crippen LogP contribution >= 0.6 is 0 Å². The summed E-state index contributed by atoms with van der Waals surface area (Å²) in [5, 5.41) is 11.7. The van der Waals surface area contributed by atoms with E-state index in [0.717, 1.165) is 14.7 Å². The van der Waals surface area contributed by atoms with Crippen molar-refractivity contribution in [2.75, 3.05) is 42.3 Å². The second-order valence-electron chi connectivity index (χ2n) is 9.60. The predicted molar refractivity (Wildman–Crippen MR) is 144 cm³/mol. The van der Waals surface area contributed by atoms with Crippen molar-refractivity contribution in [2.45, 2.75) is 38.0 Å². The van der Waals surface area contributed by atoms with Gasteiger partial charge in [-0.05, 0) is 31.9 Å². The number of rotatable bonds is 9. The number of aromatic nitrogens is 5. The van der Waals surface area contributed by atoms with Gasteiger partial charge in [0.25, 0.3) is 5.91 Å². The van der Waals surface area contributed by atoms with Crippen molar-refractivity contribution in [3.05, 3.63) is 42.6 Å². The Labute approximate surface area is 238 Å². The average molecular weight is 585 g/mol. The SMILES string of the molecule is CC(C(=O)Nc1cccc(-c2cnc(N3CCCC3C(F)(F)F)nc2)n1)n1cnc(N(C)C=O)c1C(=O)N(C)CC#N. The fourth-order valence-corrected chi connectivity index (χ4v) is 4.49. The molecule has 2 atom stereocenters. The summed E-state index contributed by atoms with van der Waals surface area (Å²) in [6, 6.07) is 4.04. The quantitative estimate of drug-likeness (QED) is 0.295. The standard InChI is InChI=1S/C26H27F3N10O3/c1-16(39-14-33-22(37(3)15-40)21(39)24(42)36(2)11-9-30)23(41)35-20-8-4-6-18(34-20)17-12-31-25(32-13-17)38-10-5-7-19(38)26(27,28)29/h4,6,8,12-16,19H,5,7,10-11H2,1-3H3,(H,34,35,41). The Morgan fingerprint density at radius 3 is 2.60 bits per heavy atom. The topological polar surface area (TPSA) is 153 Å². The molecule has 0 aromatic carbocycles. The van der Waals surface area contributed by atoms with Crippen LogP contribution in [-0.4, -0.2) is 87.0 Å². The first kappa shape index (κ1) is 29.9. The second kappa shape index (κ2) is 12.2. The highest BCUT2D eigenvalue weighted by atomic mass is 19.4. The molecule has 13 nitrogen and oxygen atoms in total. The number of anilines is 3. The van der Waals surface area contributed by atoms with Gasteiger partial charge in [-0.25, -0.2) is 19.9 Å². The molecule has 2 unspecified atom stereocenters. The van der Waals surface area contributed by atoms with Gasteiger partial charge in [0, 0.05) is 38.6 Å². The molecule has 0 aliphatic carbocycles.